The molecule has 1 saturated heterocycles. The average molecular weight is 522 g/mol. The molecule has 0 spiro atoms. The minimum atomic E-state index is -0.636. The molecule has 39 heavy (non-hydrogen) atoms. The van der Waals surface area contributed by atoms with Crippen molar-refractivity contribution >= 4 is 0 Å². The third kappa shape index (κ3) is 5.31. The number of nitrogens with one attached hydrogen (secondary N) is 1. The predicted octanol–water partition coefficient (Wildman–Crippen LogP) is 5.39. The maximum Gasteiger partial charge on any atom is 0.330 e. The van der Waals surface area contributed by atoms with Gasteiger partial charge < -0.3 is 4.74 Å². The molecule has 2 unspecified atom stereocenters. The van der Waals surface area contributed by atoms with E-state index in [1.165, 1.54) is 4.57 Å². The first-order valence-electron chi connectivity index (χ1n) is 13.5. The second-order valence-corrected chi connectivity index (χ2v) is 10.1. The molecule has 0 radical (unpaired) electrons. The summed E-state index contributed by atoms with van der Waals surface area (Å²) in [6.07, 6.45) is 5.49. The van der Waals surface area contributed by atoms with Crippen molar-refractivity contribution < 1.29 is 4.74 Å². The molecular formula is C33H35N3O3. The van der Waals surface area contributed by atoms with Gasteiger partial charge in [-0.3, -0.25) is 19.2 Å². The molecule has 2 atom stereocenters. The molecule has 0 amide bonds. The highest BCUT2D eigenvalue weighted by Crippen LogP contribution is 2.44. The molecule has 1 fully saturated rings. The number of aromatic nitrogens is 2. The van der Waals surface area contributed by atoms with Gasteiger partial charge in [0.1, 0.15) is 0 Å². The van der Waals surface area contributed by atoms with E-state index in [9.17, 15) is 9.59 Å². The van der Waals surface area contributed by atoms with Gasteiger partial charge in [0.2, 0.25) is 0 Å². The number of morpholine rings is 1. The molecule has 1 aliphatic rings. The number of allylic oxidation sites excluding steroid dienone is 1. The molecule has 0 aliphatic carbocycles. The van der Waals surface area contributed by atoms with Gasteiger partial charge in [0.15, 0.2) is 6.23 Å². The highest BCUT2D eigenvalue weighted by Gasteiger charge is 2.46. The van der Waals surface area contributed by atoms with Crippen molar-refractivity contribution in [1.82, 2.24) is 14.5 Å². The van der Waals surface area contributed by atoms with E-state index in [1.807, 2.05) is 24.3 Å². The molecule has 6 heteroatoms. The lowest BCUT2D eigenvalue weighted by Crippen LogP contribution is -2.57. The van der Waals surface area contributed by atoms with E-state index in [1.54, 1.807) is 13.1 Å². The van der Waals surface area contributed by atoms with Crippen molar-refractivity contribution in [2.45, 2.75) is 44.1 Å². The number of aryl methyl sites for hydroxylation is 1. The van der Waals surface area contributed by atoms with E-state index in [0.29, 0.717) is 18.7 Å². The molecule has 2 heterocycles. The molecule has 200 valence electrons. The molecular weight excluding hydrogens is 486 g/mol. The van der Waals surface area contributed by atoms with E-state index < -0.39 is 17.5 Å². The standard InChI is InChI=1S/C33H35N3O3/c1-3-4-8-21-29-23-35(24-30(39-29)36-22-25(2)31(37)34-32(36)38)33(26-15-9-5-10-16-26,27-17-11-6-12-18-27)28-19-13-7-14-20-28/h3,5-7,9-20,22,29-30H,1,4,8,21,23-24H2,2H3,(H,34,37,38). The van der Waals surface area contributed by atoms with Gasteiger partial charge in [0.05, 0.1) is 11.6 Å². The summed E-state index contributed by atoms with van der Waals surface area (Å²) < 4.78 is 8.13. The molecule has 0 saturated carbocycles. The summed E-state index contributed by atoms with van der Waals surface area (Å²) in [5, 5.41) is 0. The van der Waals surface area contributed by atoms with Crippen LogP contribution in [0.2, 0.25) is 0 Å². The van der Waals surface area contributed by atoms with Gasteiger partial charge in [-0.25, -0.2) is 4.79 Å². The topological polar surface area (TPSA) is 67.3 Å². The minimum Gasteiger partial charge on any atom is -0.352 e. The summed E-state index contributed by atoms with van der Waals surface area (Å²) in [5.74, 6) is 0. The summed E-state index contributed by atoms with van der Waals surface area (Å²) >= 11 is 0. The van der Waals surface area contributed by atoms with Gasteiger partial charge >= 0.3 is 5.69 Å². The Morgan fingerprint density at radius 2 is 1.44 bits per heavy atom. The lowest BCUT2D eigenvalue weighted by Gasteiger charge is -2.50. The molecule has 4 aromatic rings. The van der Waals surface area contributed by atoms with Crippen LogP contribution in [0.3, 0.4) is 0 Å². The van der Waals surface area contributed by atoms with Crippen molar-refractivity contribution in [2.75, 3.05) is 13.1 Å². The van der Waals surface area contributed by atoms with Gasteiger partial charge in [-0.1, -0.05) is 97.1 Å². The lowest BCUT2D eigenvalue weighted by molar-refractivity contribution is -0.141. The number of unbranched alkanes of at least 4 members (excludes halogenated alkanes) is 1. The van der Waals surface area contributed by atoms with E-state index in [-0.39, 0.29) is 11.7 Å². The smallest absolute Gasteiger partial charge is 0.330 e. The Bertz CT molecular complexity index is 1400. The number of ether oxygens (including phenoxy) is 1. The molecule has 1 aromatic heterocycles. The van der Waals surface area contributed by atoms with Crippen LogP contribution < -0.4 is 11.2 Å². The zero-order chi connectivity index (χ0) is 27.2. The van der Waals surface area contributed by atoms with E-state index in [2.05, 4.69) is 89.3 Å². The zero-order valence-corrected chi connectivity index (χ0v) is 22.3. The van der Waals surface area contributed by atoms with Crippen molar-refractivity contribution in [1.29, 1.82) is 0 Å². The SMILES string of the molecule is C=CCCCC1CN(C(c2ccccc2)(c2ccccc2)c2ccccc2)CC(n2cc(C)c(=O)[nH]c2=O)O1. The number of benzene rings is 3. The summed E-state index contributed by atoms with van der Waals surface area (Å²) in [6.45, 7) is 6.70. The second-order valence-electron chi connectivity index (χ2n) is 10.1. The van der Waals surface area contributed by atoms with Gasteiger partial charge in [-0.05, 0) is 42.9 Å². The Hall–Kier alpha value is -4.00. The quantitative estimate of drug-likeness (QED) is 0.182. The molecule has 0 bridgehead atoms. The first-order chi connectivity index (χ1) is 19.0. The van der Waals surface area contributed by atoms with Crippen LogP contribution in [0.25, 0.3) is 0 Å². The Morgan fingerprint density at radius 3 is 1.95 bits per heavy atom. The van der Waals surface area contributed by atoms with Crippen LogP contribution in [0.4, 0.5) is 0 Å². The van der Waals surface area contributed by atoms with Gasteiger partial charge in [0, 0.05) is 24.8 Å². The summed E-state index contributed by atoms with van der Waals surface area (Å²) in [5.41, 5.74) is 2.40. The fourth-order valence-corrected chi connectivity index (χ4v) is 5.78. The minimum absolute atomic E-state index is 0.127. The van der Waals surface area contributed by atoms with Crippen LogP contribution in [0.5, 0.6) is 0 Å². The van der Waals surface area contributed by atoms with Gasteiger partial charge in [-0.2, -0.15) is 0 Å². The Balaban J connectivity index is 1.71. The zero-order valence-electron chi connectivity index (χ0n) is 22.3. The molecule has 6 nitrogen and oxygen atoms in total. The highest BCUT2D eigenvalue weighted by atomic mass is 16.5. The number of hydrogen-bond donors (Lipinski definition) is 1. The Morgan fingerprint density at radius 1 is 0.897 bits per heavy atom. The average Bonchev–Trinajstić information content (AvgIpc) is 2.97. The van der Waals surface area contributed by atoms with Crippen molar-refractivity contribution in [3.63, 3.8) is 0 Å². The molecule has 5 rings (SSSR count). The maximum atomic E-state index is 13.0. The van der Waals surface area contributed by atoms with Gasteiger partial charge in [-0.15, -0.1) is 6.58 Å². The van der Waals surface area contributed by atoms with Crippen molar-refractivity contribution in [2.24, 2.45) is 0 Å². The number of nitrogens with zero attached hydrogens (tertiary/aromatic N) is 2. The summed E-state index contributed by atoms with van der Waals surface area (Å²) in [4.78, 5) is 30.1. The second kappa shape index (κ2) is 11.8. The first kappa shape index (κ1) is 26.6. The summed E-state index contributed by atoms with van der Waals surface area (Å²) in [6, 6.07) is 31.6. The normalized spacial score (nSPS) is 18.1. The third-order valence-electron chi connectivity index (χ3n) is 7.59. The Kier molecular flexibility index (Phi) is 8.05. The molecule has 3 aromatic carbocycles. The van der Waals surface area contributed by atoms with Crippen LogP contribution in [0.1, 0.15) is 47.7 Å². The van der Waals surface area contributed by atoms with E-state index in [0.717, 1.165) is 36.0 Å². The Labute approximate surface area is 229 Å². The fourth-order valence-electron chi connectivity index (χ4n) is 5.78. The number of H-pyrrole nitrogens is 1. The highest BCUT2D eigenvalue weighted by molar-refractivity contribution is 5.49. The summed E-state index contributed by atoms with van der Waals surface area (Å²) in [7, 11) is 0. The van der Waals surface area contributed by atoms with Crippen LogP contribution in [-0.4, -0.2) is 33.6 Å². The predicted molar refractivity (Wildman–Crippen MR) is 155 cm³/mol. The van der Waals surface area contributed by atoms with Crippen LogP contribution in [-0.2, 0) is 10.3 Å². The van der Waals surface area contributed by atoms with E-state index >= 15 is 0 Å². The van der Waals surface area contributed by atoms with Crippen molar-refractivity contribution in [3.05, 3.63) is 153 Å². The molecule has 1 N–H and O–H groups in total. The number of hydrogen-bond acceptors (Lipinski definition) is 4. The van der Waals surface area contributed by atoms with Gasteiger partial charge in [0.25, 0.3) is 5.56 Å². The van der Waals surface area contributed by atoms with Crippen LogP contribution >= 0.6 is 0 Å². The first-order valence-corrected chi connectivity index (χ1v) is 13.5. The van der Waals surface area contributed by atoms with Crippen molar-refractivity contribution in [3.8, 4) is 0 Å². The van der Waals surface area contributed by atoms with Crippen LogP contribution in [0.15, 0.2) is 119 Å². The van der Waals surface area contributed by atoms with E-state index in [4.69, 9.17) is 4.74 Å². The lowest BCUT2D eigenvalue weighted by atomic mass is 9.75. The largest absolute Gasteiger partial charge is 0.352 e. The monoisotopic (exact) mass is 521 g/mol. The maximum absolute atomic E-state index is 13.0. The molecule has 1 aliphatic heterocycles. The van der Waals surface area contributed by atoms with Crippen LogP contribution in [0, 0.1) is 6.92 Å². The fraction of sp³-hybridized carbons (Fsp3) is 0.273. The third-order valence-corrected chi connectivity index (χ3v) is 7.59. The number of rotatable bonds is 9. The number of aromatic amines is 1.